The summed E-state index contributed by atoms with van der Waals surface area (Å²) in [7, 11) is 3.60. The van der Waals surface area contributed by atoms with E-state index >= 15 is 0 Å². The SMILES string of the molecule is CN(C)C(=O)C1CCCN1CCCNC(=O)C=Cc1nccs1. The van der Waals surface area contributed by atoms with Crippen molar-refractivity contribution in [3.8, 4) is 0 Å². The van der Waals surface area contributed by atoms with Gasteiger partial charge in [-0.05, 0) is 31.9 Å². The Bertz CT molecular complexity index is 542. The van der Waals surface area contributed by atoms with Crippen molar-refractivity contribution in [2.75, 3.05) is 33.7 Å². The number of nitrogens with zero attached hydrogens (tertiary/aromatic N) is 3. The smallest absolute Gasteiger partial charge is 0.244 e. The van der Waals surface area contributed by atoms with Crippen molar-refractivity contribution >= 4 is 29.2 Å². The van der Waals surface area contributed by atoms with Gasteiger partial charge < -0.3 is 10.2 Å². The Morgan fingerprint density at radius 3 is 3.04 bits per heavy atom. The zero-order chi connectivity index (χ0) is 16.7. The molecule has 1 aliphatic rings. The van der Waals surface area contributed by atoms with Gasteiger partial charge in [0.25, 0.3) is 0 Å². The van der Waals surface area contributed by atoms with Crippen molar-refractivity contribution in [2.24, 2.45) is 0 Å². The molecule has 0 aliphatic carbocycles. The monoisotopic (exact) mass is 336 g/mol. The molecule has 1 aromatic rings. The van der Waals surface area contributed by atoms with Crippen LogP contribution >= 0.6 is 11.3 Å². The van der Waals surface area contributed by atoms with E-state index in [1.807, 2.05) is 5.38 Å². The van der Waals surface area contributed by atoms with Gasteiger partial charge in [0.1, 0.15) is 5.01 Å². The number of nitrogens with one attached hydrogen (secondary N) is 1. The lowest BCUT2D eigenvalue weighted by Crippen LogP contribution is -2.43. The van der Waals surface area contributed by atoms with E-state index in [-0.39, 0.29) is 17.9 Å². The summed E-state index contributed by atoms with van der Waals surface area (Å²) in [6, 6.07) is 0.00509. The van der Waals surface area contributed by atoms with E-state index in [9.17, 15) is 9.59 Å². The summed E-state index contributed by atoms with van der Waals surface area (Å²) >= 11 is 1.49. The molecule has 0 radical (unpaired) electrons. The summed E-state index contributed by atoms with van der Waals surface area (Å²) in [4.78, 5) is 31.8. The number of thiazole rings is 1. The summed E-state index contributed by atoms with van der Waals surface area (Å²) in [6.07, 6.45) is 7.77. The topological polar surface area (TPSA) is 65.5 Å². The molecule has 1 unspecified atom stereocenters. The van der Waals surface area contributed by atoms with Gasteiger partial charge in [0.15, 0.2) is 0 Å². The minimum Gasteiger partial charge on any atom is -0.353 e. The number of likely N-dealkylation sites (N-methyl/N-ethyl adjacent to an activating group) is 1. The maximum atomic E-state index is 12.1. The van der Waals surface area contributed by atoms with Crippen LogP contribution in [0, 0.1) is 0 Å². The fourth-order valence-electron chi connectivity index (χ4n) is 2.69. The van der Waals surface area contributed by atoms with Gasteiger partial charge in [-0.2, -0.15) is 0 Å². The molecular weight excluding hydrogens is 312 g/mol. The minimum absolute atomic E-state index is 0.00509. The van der Waals surface area contributed by atoms with Crippen LogP contribution in [0.15, 0.2) is 17.7 Å². The summed E-state index contributed by atoms with van der Waals surface area (Å²) in [6.45, 7) is 2.41. The van der Waals surface area contributed by atoms with Crippen molar-refractivity contribution in [3.05, 3.63) is 22.7 Å². The Kier molecular flexibility index (Phi) is 6.73. The van der Waals surface area contributed by atoms with Crippen LogP contribution in [0.1, 0.15) is 24.3 Å². The number of amides is 2. The minimum atomic E-state index is -0.109. The van der Waals surface area contributed by atoms with Crippen LogP contribution in [0.2, 0.25) is 0 Å². The Morgan fingerprint density at radius 1 is 1.52 bits per heavy atom. The molecule has 7 heteroatoms. The first-order valence-corrected chi connectivity index (χ1v) is 8.76. The van der Waals surface area contributed by atoms with E-state index in [2.05, 4.69) is 15.2 Å². The van der Waals surface area contributed by atoms with Gasteiger partial charge in [0.05, 0.1) is 6.04 Å². The highest BCUT2D eigenvalue weighted by molar-refractivity contribution is 7.10. The summed E-state index contributed by atoms with van der Waals surface area (Å²) < 4.78 is 0. The standard InChI is InChI=1S/C16H24N4O2S/c1-19(2)16(22)13-5-3-10-20(13)11-4-8-17-14(21)6-7-15-18-9-12-23-15/h6-7,9,12-13H,3-5,8,10-11H2,1-2H3,(H,17,21). The quantitative estimate of drug-likeness (QED) is 0.600. The molecule has 0 aromatic carbocycles. The maximum Gasteiger partial charge on any atom is 0.244 e. The maximum absolute atomic E-state index is 12.1. The lowest BCUT2D eigenvalue weighted by atomic mass is 10.2. The van der Waals surface area contributed by atoms with Gasteiger partial charge in [-0.1, -0.05) is 0 Å². The Labute approximate surface area is 141 Å². The molecule has 6 nitrogen and oxygen atoms in total. The molecule has 0 saturated carbocycles. The first-order chi connectivity index (χ1) is 11.1. The largest absolute Gasteiger partial charge is 0.353 e. The Hall–Kier alpha value is -1.73. The van der Waals surface area contributed by atoms with Crippen molar-refractivity contribution in [1.29, 1.82) is 0 Å². The van der Waals surface area contributed by atoms with Gasteiger partial charge in [-0.15, -0.1) is 11.3 Å². The van der Waals surface area contributed by atoms with Crippen LogP contribution in [0.3, 0.4) is 0 Å². The molecule has 23 heavy (non-hydrogen) atoms. The van der Waals surface area contributed by atoms with Crippen LogP contribution in [0.25, 0.3) is 6.08 Å². The second-order valence-electron chi connectivity index (χ2n) is 5.77. The van der Waals surface area contributed by atoms with E-state index in [0.717, 1.165) is 37.4 Å². The molecule has 2 rings (SSSR count). The second-order valence-corrected chi connectivity index (χ2v) is 6.70. The lowest BCUT2D eigenvalue weighted by Gasteiger charge is -2.25. The molecule has 1 atom stereocenters. The van der Waals surface area contributed by atoms with Gasteiger partial charge in [0.2, 0.25) is 11.8 Å². The van der Waals surface area contributed by atoms with E-state index in [1.165, 1.54) is 17.4 Å². The fourth-order valence-corrected chi connectivity index (χ4v) is 3.22. The van der Waals surface area contributed by atoms with E-state index in [1.54, 1.807) is 31.3 Å². The zero-order valence-corrected chi connectivity index (χ0v) is 14.5. The second kappa shape index (κ2) is 8.79. The molecule has 0 spiro atoms. The molecule has 1 fully saturated rings. The van der Waals surface area contributed by atoms with Gasteiger partial charge in [-0.3, -0.25) is 14.5 Å². The van der Waals surface area contributed by atoms with Gasteiger partial charge in [-0.25, -0.2) is 4.98 Å². The molecule has 1 aliphatic heterocycles. The summed E-state index contributed by atoms with van der Waals surface area (Å²) in [5.41, 5.74) is 0. The van der Waals surface area contributed by atoms with Gasteiger partial charge in [0, 0.05) is 44.8 Å². The third-order valence-corrected chi connectivity index (χ3v) is 4.58. The molecule has 1 saturated heterocycles. The first-order valence-electron chi connectivity index (χ1n) is 7.88. The predicted octanol–water partition coefficient (Wildman–Crippen LogP) is 1.22. The normalized spacial score (nSPS) is 18.4. The molecule has 0 bridgehead atoms. The lowest BCUT2D eigenvalue weighted by molar-refractivity contribution is -0.133. The Morgan fingerprint density at radius 2 is 2.35 bits per heavy atom. The molecule has 1 N–H and O–H groups in total. The highest BCUT2D eigenvalue weighted by Gasteiger charge is 2.30. The zero-order valence-electron chi connectivity index (χ0n) is 13.7. The number of carbonyl (C=O) groups is 2. The number of aromatic nitrogens is 1. The average Bonchev–Trinajstić information content (AvgIpc) is 3.20. The number of hydrogen-bond donors (Lipinski definition) is 1. The molecule has 2 amide bonds. The Balaban J connectivity index is 1.66. The van der Waals surface area contributed by atoms with Crippen LogP contribution < -0.4 is 5.32 Å². The van der Waals surface area contributed by atoms with Crippen LogP contribution in [0.4, 0.5) is 0 Å². The fraction of sp³-hybridized carbons (Fsp3) is 0.562. The third-order valence-electron chi connectivity index (χ3n) is 3.84. The average molecular weight is 336 g/mol. The number of hydrogen-bond acceptors (Lipinski definition) is 5. The van der Waals surface area contributed by atoms with E-state index in [4.69, 9.17) is 0 Å². The predicted molar refractivity (Wildman–Crippen MR) is 92.1 cm³/mol. The molecule has 2 heterocycles. The first kappa shape index (κ1) is 17.6. The van der Waals surface area contributed by atoms with Crippen molar-refractivity contribution in [1.82, 2.24) is 20.1 Å². The van der Waals surface area contributed by atoms with E-state index in [0.29, 0.717) is 6.54 Å². The van der Waals surface area contributed by atoms with Crippen molar-refractivity contribution in [3.63, 3.8) is 0 Å². The molecule has 1 aromatic heterocycles. The number of rotatable bonds is 7. The van der Waals surface area contributed by atoms with Crippen LogP contribution in [-0.4, -0.2) is 66.4 Å². The highest BCUT2D eigenvalue weighted by atomic mass is 32.1. The van der Waals surface area contributed by atoms with Crippen molar-refractivity contribution in [2.45, 2.75) is 25.3 Å². The van der Waals surface area contributed by atoms with Crippen LogP contribution in [0.5, 0.6) is 0 Å². The number of carbonyl (C=O) groups excluding carboxylic acids is 2. The number of likely N-dealkylation sites (tertiary alicyclic amines) is 1. The van der Waals surface area contributed by atoms with Crippen LogP contribution in [-0.2, 0) is 9.59 Å². The van der Waals surface area contributed by atoms with Gasteiger partial charge >= 0.3 is 0 Å². The summed E-state index contributed by atoms with van der Waals surface area (Å²) in [5, 5.41) is 5.56. The van der Waals surface area contributed by atoms with E-state index < -0.39 is 0 Å². The van der Waals surface area contributed by atoms with Crippen molar-refractivity contribution < 1.29 is 9.59 Å². The highest BCUT2D eigenvalue weighted by Crippen LogP contribution is 2.18. The third kappa shape index (κ3) is 5.44. The molecular formula is C16H24N4O2S. The summed E-state index contributed by atoms with van der Waals surface area (Å²) in [5.74, 6) is 0.0699. The molecule has 126 valence electrons.